The summed E-state index contributed by atoms with van der Waals surface area (Å²) in [4.78, 5) is 5.30. The number of aliphatic hydroxyl groups is 1. The van der Waals surface area contributed by atoms with Crippen molar-refractivity contribution in [3.63, 3.8) is 0 Å². The Morgan fingerprint density at radius 3 is 2.71 bits per heavy atom. The van der Waals surface area contributed by atoms with Gasteiger partial charge in [-0.05, 0) is 19.1 Å². The highest BCUT2D eigenvalue weighted by atomic mass is 32.2. The molecule has 0 atom stereocenters. The lowest BCUT2D eigenvalue weighted by molar-refractivity contribution is 0.278. The number of aromatic hydroxyl groups is 1. The van der Waals surface area contributed by atoms with E-state index in [1.54, 1.807) is 24.9 Å². The zero-order chi connectivity index (χ0) is 15.1. The SMILES string of the molecule is Cc1ncc(CO)c(CNCCSc2ccccc2)c1O. The van der Waals surface area contributed by atoms with Crippen molar-refractivity contribution in [1.29, 1.82) is 0 Å². The van der Waals surface area contributed by atoms with Gasteiger partial charge in [0.1, 0.15) is 5.75 Å². The van der Waals surface area contributed by atoms with E-state index >= 15 is 0 Å². The Labute approximate surface area is 129 Å². The predicted octanol–water partition coefficient (Wildman–Crippen LogP) is 2.47. The zero-order valence-electron chi connectivity index (χ0n) is 12.0. The minimum Gasteiger partial charge on any atom is -0.506 e. The summed E-state index contributed by atoms with van der Waals surface area (Å²) in [5.41, 5.74) is 1.98. The minimum absolute atomic E-state index is 0.114. The van der Waals surface area contributed by atoms with Crippen LogP contribution < -0.4 is 5.32 Å². The van der Waals surface area contributed by atoms with E-state index in [2.05, 4.69) is 22.4 Å². The van der Waals surface area contributed by atoms with Gasteiger partial charge in [-0.15, -0.1) is 11.8 Å². The van der Waals surface area contributed by atoms with Crippen LogP contribution in [-0.4, -0.2) is 27.5 Å². The van der Waals surface area contributed by atoms with E-state index in [1.165, 1.54) is 4.90 Å². The average molecular weight is 304 g/mol. The summed E-state index contributed by atoms with van der Waals surface area (Å²) in [6.45, 7) is 2.99. The number of hydrogen-bond acceptors (Lipinski definition) is 5. The molecule has 0 saturated carbocycles. The second-order valence-corrected chi connectivity index (χ2v) is 5.86. The normalized spacial score (nSPS) is 10.8. The van der Waals surface area contributed by atoms with Crippen molar-refractivity contribution in [2.45, 2.75) is 25.0 Å². The van der Waals surface area contributed by atoms with Crippen LogP contribution in [0.15, 0.2) is 41.4 Å². The molecule has 1 aromatic heterocycles. The fraction of sp³-hybridized carbons (Fsp3) is 0.312. The first-order chi connectivity index (χ1) is 10.2. The van der Waals surface area contributed by atoms with E-state index in [-0.39, 0.29) is 12.4 Å². The Morgan fingerprint density at radius 1 is 1.24 bits per heavy atom. The maximum atomic E-state index is 10.0. The topological polar surface area (TPSA) is 65.4 Å². The van der Waals surface area contributed by atoms with Crippen LogP contribution in [0.5, 0.6) is 5.75 Å². The Bertz CT molecular complexity index is 576. The molecule has 21 heavy (non-hydrogen) atoms. The van der Waals surface area contributed by atoms with Crippen LogP contribution in [0.3, 0.4) is 0 Å². The Kier molecular flexibility index (Phi) is 6.04. The first-order valence-corrected chi connectivity index (χ1v) is 7.86. The van der Waals surface area contributed by atoms with Gasteiger partial charge in [0.2, 0.25) is 0 Å². The molecule has 0 amide bonds. The van der Waals surface area contributed by atoms with Crippen LogP contribution in [-0.2, 0) is 13.2 Å². The first-order valence-electron chi connectivity index (χ1n) is 6.88. The molecule has 112 valence electrons. The molecule has 0 radical (unpaired) electrons. The predicted molar refractivity (Wildman–Crippen MR) is 85.4 cm³/mol. The highest BCUT2D eigenvalue weighted by Crippen LogP contribution is 2.23. The molecule has 0 aliphatic rings. The lowest BCUT2D eigenvalue weighted by Crippen LogP contribution is -2.18. The molecule has 3 N–H and O–H groups in total. The molecule has 1 aromatic carbocycles. The molecular formula is C16H20N2O2S. The maximum Gasteiger partial charge on any atom is 0.141 e. The third-order valence-corrected chi connectivity index (χ3v) is 4.21. The Balaban J connectivity index is 1.82. The largest absolute Gasteiger partial charge is 0.506 e. The quantitative estimate of drug-likeness (QED) is 0.542. The van der Waals surface area contributed by atoms with Crippen molar-refractivity contribution in [2.75, 3.05) is 12.3 Å². The summed E-state index contributed by atoms with van der Waals surface area (Å²) in [6.07, 6.45) is 1.62. The molecule has 2 rings (SSSR count). The molecule has 0 aliphatic heterocycles. The van der Waals surface area contributed by atoms with E-state index in [9.17, 15) is 10.2 Å². The van der Waals surface area contributed by atoms with Crippen LogP contribution >= 0.6 is 11.8 Å². The molecule has 2 aromatic rings. The lowest BCUT2D eigenvalue weighted by atomic mass is 10.1. The van der Waals surface area contributed by atoms with Gasteiger partial charge in [-0.3, -0.25) is 4.98 Å². The van der Waals surface area contributed by atoms with Gasteiger partial charge in [-0.1, -0.05) is 18.2 Å². The van der Waals surface area contributed by atoms with E-state index < -0.39 is 0 Å². The van der Waals surface area contributed by atoms with Gasteiger partial charge >= 0.3 is 0 Å². The molecule has 0 spiro atoms. The van der Waals surface area contributed by atoms with Gasteiger partial charge in [0, 0.05) is 41.1 Å². The van der Waals surface area contributed by atoms with E-state index in [0.29, 0.717) is 17.8 Å². The zero-order valence-corrected chi connectivity index (χ0v) is 12.9. The van der Waals surface area contributed by atoms with Gasteiger partial charge in [0.25, 0.3) is 0 Å². The fourth-order valence-corrected chi connectivity index (χ4v) is 2.82. The summed E-state index contributed by atoms with van der Waals surface area (Å²) in [6, 6.07) is 10.2. The monoisotopic (exact) mass is 304 g/mol. The number of hydrogen-bond donors (Lipinski definition) is 3. The van der Waals surface area contributed by atoms with Crippen LogP contribution in [0.25, 0.3) is 0 Å². The number of aromatic nitrogens is 1. The van der Waals surface area contributed by atoms with Gasteiger partial charge in [0.05, 0.1) is 12.3 Å². The van der Waals surface area contributed by atoms with Crippen LogP contribution in [0.4, 0.5) is 0 Å². The van der Waals surface area contributed by atoms with Gasteiger partial charge in [-0.25, -0.2) is 0 Å². The molecule has 5 heteroatoms. The van der Waals surface area contributed by atoms with Crippen molar-refractivity contribution < 1.29 is 10.2 Å². The third kappa shape index (κ3) is 4.46. The highest BCUT2D eigenvalue weighted by Gasteiger charge is 2.10. The number of benzene rings is 1. The van der Waals surface area contributed by atoms with E-state index in [4.69, 9.17) is 0 Å². The van der Waals surface area contributed by atoms with Crippen molar-refractivity contribution >= 4 is 11.8 Å². The summed E-state index contributed by atoms with van der Waals surface area (Å²) >= 11 is 1.79. The van der Waals surface area contributed by atoms with Crippen LogP contribution in [0.1, 0.15) is 16.8 Å². The molecule has 0 unspecified atom stereocenters. The highest BCUT2D eigenvalue weighted by molar-refractivity contribution is 7.99. The second kappa shape index (κ2) is 8.02. The summed E-state index contributed by atoms with van der Waals surface area (Å²) in [5.74, 6) is 1.12. The Morgan fingerprint density at radius 2 is 2.00 bits per heavy atom. The number of aliphatic hydroxyl groups excluding tert-OH is 1. The molecule has 0 bridgehead atoms. The summed E-state index contributed by atoms with van der Waals surface area (Å²) in [7, 11) is 0. The second-order valence-electron chi connectivity index (χ2n) is 4.69. The number of nitrogens with zero attached hydrogens (tertiary/aromatic N) is 1. The number of rotatable bonds is 7. The van der Waals surface area contributed by atoms with Gasteiger partial charge in [-0.2, -0.15) is 0 Å². The standard InChI is InChI=1S/C16H20N2O2S/c1-12-16(20)15(13(11-19)9-18-12)10-17-7-8-21-14-5-3-2-4-6-14/h2-6,9,17,19-20H,7-8,10-11H2,1H3. The average Bonchev–Trinajstić information content (AvgIpc) is 2.52. The van der Waals surface area contributed by atoms with Crippen molar-refractivity contribution in [3.05, 3.63) is 53.3 Å². The minimum atomic E-state index is -0.114. The van der Waals surface area contributed by atoms with Crippen molar-refractivity contribution in [1.82, 2.24) is 10.3 Å². The molecule has 1 heterocycles. The number of nitrogens with one attached hydrogen (secondary N) is 1. The maximum absolute atomic E-state index is 10.0. The van der Waals surface area contributed by atoms with E-state index in [1.807, 2.05) is 18.2 Å². The number of pyridine rings is 1. The van der Waals surface area contributed by atoms with Gasteiger partial charge < -0.3 is 15.5 Å². The van der Waals surface area contributed by atoms with Crippen molar-refractivity contribution in [3.8, 4) is 5.75 Å². The number of aryl methyl sites for hydroxylation is 1. The molecule has 0 saturated heterocycles. The molecule has 4 nitrogen and oxygen atoms in total. The van der Waals surface area contributed by atoms with Crippen LogP contribution in [0, 0.1) is 6.92 Å². The molecular weight excluding hydrogens is 284 g/mol. The third-order valence-electron chi connectivity index (χ3n) is 3.19. The molecule has 0 fully saturated rings. The van der Waals surface area contributed by atoms with Crippen molar-refractivity contribution in [2.24, 2.45) is 0 Å². The molecule has 0 aliphatic carbocycles. The van der Waals surface area contributed by atoms with E-state index in [0.717, 1.165) is 17.9 Å². The van der Waals surface area contributed by atoms with Crippen LogP contribution in [0.2, 0.25) is 0 Å². The first kappa shape index (κ1) is 15.8. The smallest absolute Gasteiger partial charge is 0.141 e. The van der Waals surface area contributed by atoms with Gasteiger partial charge in [0.15, 0.2) is 0 Å². The fourth-order valence-electron chi connectivity index (χ4n) is 1.99. The number of thioether (sulfide) groups is 1. The summed E-state index contributed by atoms with van der Waals surface area (Å²) in [5, 5.41) is 22.6. The lowest BCUT2D eigenvalue weighted by Gasteiger charge is -2.12. The summed E-state index contributed by atoms with van der Waals surface area (Å²) < 4.78 is 0. The Hall–Kier alpha value is -1.56.